The molecule has 1 aliphatic rings. The number of nitriles is 1. The molecule has 0 aliphatic carbocycles. The Morgan fingerprint density at radius 2 is 1.59 bits per heavy atom. The molecule has 3 rings (SSSR count). The minimum atomic E-state index is -0.449. The van der Waals surface area contributed by atoms with E-state index in [1.54, 1.807) is 24.3 Å². The summed E-state index contributed by atoms with van der Waals surface area (Å²) in [6, 6.07) is 17.3. The van der Waals surface area contributed by atoms with E-state index >= 15 is 0 Å². The molecule has 0 saturated carbocycles. The number of piperidine rings is 1. The maximum atomic E-state index is 12.2. The van der Waals surface area contributed by atoms with Crippen LogP contribution in [0, 0.1) is 17.2 Å². The molecule has 5 nitrogen and oxygen atoms in total. The van der Waals surface area contributed by atoms with E-state index in [2.05, 4.69) is 18.2 Å². The van der Waals surface area contributed by atoms with Gasteiger partial charge in [0.15, 0.2) is 0 Å². The summed E-state index contributed by atoms with van der Waals surface area (Å²) in [7, 11) is 0. The first kappa shape index (κ1) is 20.7. The highest BCUT2D eigenvalue weighted by Gasteiger charge is 2.26. The van der Waals surface area contributed by atoms with Gasteiger partial charge >= 0.3 is 6.09 Å². The van der Waals surface area contributed by atoms with Crippen molar-refractivity contribution in [1.82, 2.24) is 4.90 Å². The van der Waals surface area contributed by atoms with Gasteiger partial charge in [-0.25, -0.2) is 4.79 Å². The lowest BCUT2D eigenvalue weighted by atomic mass is 9.90. The molecule has 1 saturated heterocycles. The molecular formula is C24H28N2O3. The quantitative estimate of drug-likeness (QED) is 0.685. The Morgan fingerprint density at radius 3 is 2.10 bits per heavy atom. The highest BCUT2D eigenvalue weighted by Crippen LogP contribution is 2.26. The summed E-state index contributed by atoms with van der Waals surface area (Å²) < 4.78 is 11.3. The monoisotopic (exact) mass is 392 g/mol. The van der Waals surface area contributed by atoms with Gasteiger partial charge < -0.3 is 14.4 Å². The van der Waals surface area contributed by atoms with Crippen LogP contribution in [0.2, 0.25) is 0 Å². The Bertz CT molecular complexity index is 853. The third kappa shape index (κ3) is 6.25. The Morgan fingerprint density at radius 1 is 1.03 bits per heavy atom. The van der Waals surface area contributed by atoms with Crippen LogP contribution in [0.25, 0.3) is 0 Å². The van der Waals surface area contributed by atoms with Crippen molar-refractivity contribution in [3.63, 3.8) is 0 Å². The average molecular weight is 392 g/mol. The number of amides is 1. The van der Waals surface area contributed by atoms with Crippen molar-refractivity contribution in [2.75, 3.05) is 13.1 Å². The standard InChI is InChI=1S/C24H28N2O3/c1-24(2,3)29-23(27)26-14-12-19(13-15-26)16-18-4-8-21(9-5-18)28-22-10-6-20(17-25)7-11-22/h4-11,19H,12-16H2,1-3H3. The highest BCUT2D eigenvalue weighted by atomic mass is 16.6. The number of carbonyl (C=O) groups excluding carboxylic acids is 1. The molecule has 0 radical (unpaired) electrons. The van der Waals surface area contributed by atoms with Crippen LogP contribution in [0.4, 0.5) is 4.79 Å². The Hall–Kier alpha value is -3.00. The molecule has 0 N–H and O–H groups in total. The van der Waals surface area contributed by atoms with Crippen molar-refractivity contribution in [2.45, 2.75) is 45.6 Å². The number of hydrogen-bond acceptors (Lipinski definition) is 4. The highest BCUT2D eigenvalue weighted by molar-refractivity contribution is 5.68. The predicted molar refractivity (Wildman–Crippen MR) is 112 cm³/mol. The van der Waals surface area contributed by atoms with Gasteiger partial charge in [-0.2, -0.15) is 5.26 Å². The van der Waals surface area contributed by atoms with Gasteiger partial charge in [-0.15, -0.1) is 0 Å². The zero-order valence-corrected chi connectivity index (χ0v) is 17.4. The number of likely N-dealkylation sites (tertiary alicyclic amines) is 1. The second kappa shape index (κ2) is 9.00. The molecule has 0 aromatic heterocycles. The molecule has 0 spiro atoms. The zero-order valence-electron chi connectivity index (χ0n) is 17.4. The molecule has 1 amide bonds. The topological polar surface area (TPSA) is 62.6 Å². The molecule has 1 heterocycles. The van der Waals surface area contributed by atoms with Crippen molar-refractivity contribution in [2.24, 2.45) is 5.92 Å². The molecule has 29 heavy (non-hydrogen) atoms. The average Bonchev–Trinajstić information content (AvgIpc) is 2.69. The van der Waals surface area contributed by atoms with Crippen molar-refractivity contribution in [1.29, 1.82) is 5.26 Å². The molecule has 2 aromatic rings. The molecule has 2 aromatic carbocycles. The zero-order chi connectivity index (χ0) is 20.9. The van der Waals surface area contributed by atoms with Crippen LogP contribution >= 0.6 is 0 Å². The molecule has 0 bridgehead atoms. The Kier molecular flexibility index (Phi) is 6.43. The first-order valence-electron chi connectivity index (χ1n) is 10.1. The molecular weight excluding hydrogens is 364 g/mol. The van der Waals surface area contributed by atoms with Gasteiger partial charge in [0.2, 0.25) is 0 Å². The van der Waals surface area contributed by atoms with Crippen LogP contribution in [-0.4, -0.2) is 29.7 Å². The fourth-order valence-electron chi connectivity index (χ4n) is 3.41. The van der Waals surface area contributed by atoms with Crippen LogP contribution in [0.15, 0.2) is 48.5 Å². The second-order valence-electron chi connectivity index (χ2n) is 8.50. The maximum Gasteiger partial charge on any atom is 0.410 e. The Labute approximate surface area is 172 Å². The van der Waals surface area contributed by atoms with Crippen molar-refractivity contribution < 1.29 is 14.3 Å². The molecule has 5 heteroatoms. The van der Waals surface area contributed by atoms with Crippen LogP contribution < -0.4 is 4.74 Å². The number of nitrogens with zero attached hydrogens (tertiary/aromatic N) is 2. The van der Waals surface area contributed by atoms with Crippen LogP contribution in [0.1, 0.15) is 44.7 Å². The van der Waals surface area contributed by atoms with E-state index in [0.29, 0.717) is 17.2 Å². The van der Waals surface area contributed by atoms with E-state index in [-0.39, 0.29) is 6.09 Å². The molecule has 0 unspecified atom stereocenters. The summed E-state index contributed by atoms with van der Waals surface area (Å²) in [6.45, 7) is 7.18. The number of ether oxygens (including phenoxy) is 2. The van der Waals surface area contributed by atoms with Crippen molar-refractivity contribution in [3.05, 3.63) is 59.7 Å². The van der Waals surface area contributed by atoms with E-state index < -0.39 is 5.60 Å². The molecule has 1 fully saturated rings. The minimum Gasteiger partial charge on any atom is -0.457 e. The van der Waals surface area contributed by atoms with Crippen LogP contribution in [-0.2, 0) is 11.2 Å². The maximum absolute atomic E-state index is 12.2. The van der Waals surface area contributed by atoms with Gasteiger partial charge in [0.1, 0.15) is 17.1 Å². The second-order valence-corrected chi connectivity index (χ2v) is 8.50. The van der Waals surface area contributed by atoms with Crippen molar-refractivity contribution in [3.8, 4) is 17.6 Å². The normalized spacial score (nSPS) is 14.9. The summed E-state index contributed by atoms with van der Waals surface area (Å²) in [5.74, 6) is 2.06. The molecule has 1 aliphatic heterocycles. The van der Waals surface area contributed by atoms with E-state index in [1.807, 2.05) is 37.8 Å². The fourth-order valence-corrected chi connectivity index (χ4v) is 3.41. The number of benzene rings is 2. The number of carbonyl (C=O) groups is 1. The molecule has 152 valence electrons. The first-order valence-corrected chi connectivity index (χ1v) is 10.1. The lowest BCUT2D eigenvalue weighted by Gasteiger charge is -2.33. The summed E-state index contributed by atoms with van der Waals surface area (Å²) in [5, 5.41) is 8.85. The van der Waals surface area contributed by atoms with Crippen molar-refractivity contribution >= 4 is 6.09 Å². The van der Waals surface area contributed by atoms with E-state index in [4.69, 9.17) is 14.7 Å². The number of hydrogen-bond donors (Lipinski definition) is 0. The predicted octanol–water partition coefficient (Wildman–Crippen LogP) is 5.54. The van der Waals surface area contributed by atoms with Crippen LogP contribution in [0.5, 0.6) is 11.5 Å². The van der Waals surface area contributed by atoms with Gasteiger partial charge in [-0.3, -0.25) is 0 Å². The first-order chi connectivity index (χ1) is 13.8. The smallest absolute Gasteiger partial charge is 0.410 e. The summed E-state index contributed by atoms with van der Waals surface area (Å²) in [4.78, 5) is 14.0. The molecule has 0 atom stereocenters. The van der Waals surface area contributed by atoms with E-state index in [1.165, 1.54) is 5.56 Å². The van der Waals surface area contributed by atoms with Gasteiger partial charge in [-0.05, 0) is 87.9 Å². The van der Waals surface area contributed by atoms with Gasteiger partial charge in [0, 0.05) is 13.1 Å². The lowest BCUT2D eigenvalue weighted by molar-refractivity contribution is 0.0184. The van der Waals surface area contributed by atoms with Gasteiger partial charge in [-0.1, -0.05) is 12.1 Å². The minimum absolute atomic E-state index is 0.208. The fraction of sp³-hybridized carbons (Fsp3) is 0.417. The largest absolute Gasteiger partial charge is 0.457 e. The Balaban J connectivity index is 1.48. The van der Waals surface area contributed by atoms with Gasteiger partial charge in [0.25, 0.3) is 0 Å². The van der Waals surface area contributed by atoms with Gasteiger partial charge in [0.05, 0.1) is 11.6 Å². The summed E-state index contributed by atoms with van der Waals surface area (Å²) in [5.41, 5.74) is 1.44. The lowest BCUT2D eigenvalue weighted by Crippen LogP contribution is -2.42. The number of rotatable bonds is 4. The van der Waals surface area contributed by atoms with E-state index in [9.17, 15) is 4.79 Å². The van der Waals surface area contributed by atoms with Crippen LogP contribution in [0.3, 0.4) is 0 Å². The third-order valence-electron chi connectivity index (χ3n) is 4.93. The summed E-state index contributed by atoms with van der Waals surface area (Å²) >= 11 is 0. The van der Waals surface area contributed by atoms with E-state index in [0.717, 1.165) is 38.1 Å². The third-order valence-corrected chi connectivity index (χ3v) is 4.93. The SMILES string of the molecule is CC(C)(C)OC(=O)N1CCC(Cc2ccc(Oc3ccc(C#N)cc3)cc2)CC1. The summed E-state index contributed by atoms with van der Waals surface area (Å²) in [6.07, 6.45) is 2.77.